The maximum absolute atomic E-state index is 13.2. The van der Waals surface area contributed by atoms with E-state index in [9.17, 15) is 18.4 Å². The molecule has 1 aromatic carbocycles. The molecule has 0 spiro atoms. The molecule has 3 heterocycles. The van der Waals surface area contributed by atoms with Crippen LogP contribution in [0.15, 0.2) is 34.4 Å². The van der Waals surface area contributed by atoms with Crippen molar-refractivity contribution < 1.29 is 18.3 Å². The van der Waals surface area contributed by atoms with Gasteiger partial charge in [0.25, 0.3) is 5.56 Å². The number of rotatable bonds is 3. The lowest BCUT2D eigenvalue weighted by Crippen LogP contribution is -2.19. The van der Waals surface area contributed by atoms with Crippen LogP contribution in [0.3, 0.4) is 0 Å². The molecule has 0 atom stereocenters. The molecule has 0 aliphatic heterocycles. The van der Waals surface area contributed by atoms with Gasteiger partial charge in [0.1, 0.15) is 16.3 Å². The van der Waals surface area contributed by atoms with E-state index in [0.29, 0.717) is 22.1 Å². The SMILES string of the molecule is Cn1c(=O)c2sccc2n2c(COC(=O)c3cc(F)cc(F)c3)nnc12. The summed E-state index contributed by atoms with van der Waals surface area (Å²) in [7, 11) is 1.57. The zero-order valence-electron chi connectivity index (χ0n) is 13.3. The summed E-state index contributed by atoms with van der Waals surface area (Å²) < 4.78 is 35.0. The minimum atomic E-state index is -0.897. The highest BCUT2D eigenvalue weighted by Gasteiger charge is 2.17. The molecule has 0 N–H and O–H groups in total. The second-order valence-electron chi connectivity index (χ2n) is 5.49. The van der Waals surface area contributed by atoms with Crippen LogP contribution in [-0.2, 0) is 18.4 Å². The quantitative estimate of drug-likeness (QED) is 0.513. The number of fused-ring (bicyclic) bond motifs is 3. The Morgan fingerprint density at radius 2 is 1.96 bits per heavy atom. The summed E-state index contributed by atoms with van der Waals surface area (Å²) in [5, 5.41) is 9.68. The van der Waals surface area contributed by atoms with E-state index in [1.54, 1.807) is 22.9 Å². The van der Waals surface area contributed by atoms with Gasteiger partial charge in [0.2, 0.25) is 5.78 Å². The normalized spacial score (nSPS) is 11.3. The van der Waals surface area contributed by atoms with Gasteiger partial charge in [-0.2, -0.15) is 0 Å². The van der Waals surface area contributed by atoms with Gasteiger partial charge in [0.15, 0.2) is 12.4 Å². The number of carbonyl (C=O) groups is 1. The highest BCUT2D eigenvalue weighted by atomic mass is 32.1. The lowest BCUT2D eigenvalue weighted by atomic mass is 10.2. The fourth-order valence-electron chi connectivity index (χ4n) is 2.63. The predicted molar refractivity (Wildman–Crippen MR) is 89.1 cm³/mol. The Morgan fingerprint density at radius 1 is 1.23 bits per heavy atom. The zero-order valence-corrected chi connectivity index (χ0v) is 14.1. The first-order valence-electron chi connectivity index (χ1n) is 7.39. The Hall–Kier alpha value is -3.14. The Bertz CT molecular complexity index is 1210. The fraction of sp³-hybridized carbons (Fsp3) is 0.125. The Kier molecular flexibility index (Phi) is 3.76. The summed E-state index contributed by atoms with van der Waals surface area (Å²) >= 11 is 1.28. The Morgan fingerprint density at radius 3 is 2.69 bits per heavy atom. The molecule has 0 aliphatic rings. The van der Waals surface area contributed by atoms with Gasteiger partial charge in [-0.1, -0.05) is 0 Å². The topological polar surface area (TPSA) is 78.5 Å². The molecule has 0 saturated carbocycles. The first-order valence-corrected chi connectivity index (χ1v) is 8.27. The van der Waals surface area contributed by atoms with Crippen molar-refractivity contribution in [3.63, 3.8) is 0 Å². The van der Waals surface area contributed by atoms with E-state index in [-0.39, 0.29) is 23.6 Å². The van der Waals surface area contributed by atoms with Crippen LogP contribution in [0.1, 0.15) is 16.2 Å². The summed E-state index contributed by atoms with van der Waals surface area (Å²) in [4.78, 5) is 24.3. The van der Waals surface area contributed by atoms with Crippen molar-refractivity contribution in [2.75, 3.05) is 0 Å². The molecule has 0 aliphatic carbocycles. The fourth-order valence-corrected chi connectivity index (χ4v) is 3.48. The number of hydrogen-bond donors (Lipinski definition) is 0. The van der Waals surface area contributed by atoms with Crippen molar-refractivity contribution in [3.8, 4) is 0 Å². The van der Waals surface area contributed by atoms with Crippen LogP contribution >= 0.6 is 11.3 Å². The molecule has 26 heavy (non-hydrogen) atoms. The highest BCUT2D eigenvalue weighted by molar-refractivity contribution is 7.17. The average molecular weight is 376 g/mol. The van der Waals surface area contributed by atoms with Gasteiger partial charge in [0, 0.05) is 13.1 Å². The minimum Gasteiger partial charge on any atom is -0.454 e. The van der Waals surface area contributed by atoms with Crippen LogP contribution in [0.4, 0.5) is 8.78 Å². The second kappa shape index (κ2) is 5.99. The molecule has 10 heteroatoms. The van der Waals surface area contributed by atoms with Crippen LogP contribution in [0.25, 0.3) is 16.0 Å². The third-order valence-corrected chi connectivity index (χ3v) is 4.72. The lowest BCUT2D eigenvalue weighted by molar-refractivity contribution is 0.0460. The van der Waals surface area contributed by atoms with E-state index < -0.39 is 17.6 Å². The molecule has 0 unspecified atom stereocenters. The highest BCUT2D eigenvalue weighted by Crippen LogP contribution is 2.19. The van der Waals surface area contributed by atoms with Gasteiger partial charge in [-0.05, 0) is 23.6 Å². The van der Waals surface area contributed by atoms with Gasteiger partial charge in [-0.15, -0.1) is 21.5 Å². The summed E-state index contributed by atoms with van der Waals surface area (Å²) in [6.07, 6.45) is 0. The minimum absolute atomic E-state index is 0.200. The maximum Gasteiger partial charge on any atom is 0.338 e. The number of thiophene rings is 1. The van der Waals surface area contributed by atoms with Crippen molar-refractivity contribution >= 4 is 33.3 Å². The smallest absolute Gasteiger partial charge is 0.338 e. The molecule has 3 aromatic heterocycles. The maximum atomic E-state index is 13.2. The van der Waals surface area contributed by atoms with Crippen LogP contribution in [-0.4, -0.2) is 25.1 Å². The summed E-state index contributed by atoms with van der Waals surface area (Å²) in [6, 6.07) is 4.17. The number of nitrogens with zero attached hydrogens (tertiary/aromatic N) is 4. The molecule has 0 bridgehead atoms. The van der Waals surface area contributed by atoms with Gasteiger partial charge < -0.3 is 4.74 Å². The van der Waals surface area contributed by atoms with E-state index in [4.69, 9.17) is 4.74 Å². The number of benzene rings is 1. The van der Waals surface area contributed by atoms with E-state index in [2.05, 4.69) is 10.2 Å². The van der Waals surface area contributed by atoms with E-state index in [0.717, 1.165) is 12.1 Å². The number of ether oxygens (including phenoxy) is 1. The third kappa shape index (κ3) is 2.54. The average Bonchev–Trinajstić information content (AvgIpc) is 3.23. The molecular weight excluding hydrogens is 366 g/mol. The van der Waals surface area contributed by atoms with E-state index in [1.807, 2.05) is 0 Å². The van der Waals surface area contributed by atoms with Gasteiger partial charge in [-0.3, -0.25) is 13.8 Å². The van der Waals surface area contributed by atoms with Crippen molar-refractivity contribution in [2.24, 2.45) is 7.05 Å². The molecular formula is C16H10F2N4O3S. The molecule has 0 amide bonds. The number of esters is 1. The summed E-state index contributed by atoms with van der Waals surface area (Å²) in [5.41, 5.74) is 0.152. The number of aromatic nitrogens is 4. The van der Waals surface area contributed by atoms with Crippen LogP contribution in [0, 0.1) is 11.6 Å². The largest absolute Gasteiger partial charge is 0.454 e. The van der Waals surface area contributed by atoms with Crippen LogP contribution in [0.2, 0.25) is 0 Å². The number of halogens is 2. The monoisotopic (exact) mass is 376 g/mol. The lowest BCUT2D eigenvalue weighted by Gasteiger charge is -2.06. The van der Waals surface area contributed by atoms with Gasteiger partial charge in [0.05, 0.1) is 11.1 Å². The zero-order chi connectivity index (χ0) is 18.4. The second-order valence-corrected chi connectivity index (χ2v) is 6.40. The molecule has 0 radical (unpaired) electrons. The molecule has 4 aromatic rings. The number of carbonyl (C=O) groups excluding carboxylic acids is 1. The molecule has 0 fully saturated rings. The van der Waals surface area contributed by atoms with Crippen LogP contribution < -0.4 is 5.56 Å². The van der Waals surface area contributed by atoms with Crippen molar-refractivity contribution in [2.45, 2.75) is 6.61 Å². The predicted octanol–water partition coefficient (Wildman–Crippen LogP) is 2.28. The van der Waals surface area contributed by atoms with Crippen molar-refractivity contribution in [1.82, 2.24) is 19.2 Å². The molecule has 4 rings (SSSR count). The van der Waals surface area contributed by atoms with Gasteiger partial charge in [-0.25, -0.2) is 13.6 Å². The third-order valence-electron chi connectivity index (χ3n) is 3.83. The van der Waals surface area contributed by atoms with Crippen molar-refractivity contribution in [1.29, 1.82) is 0 Å². The van der Waals surface area contributed by atoms with Crippen molar-refractivity contribution in [3.05, 3.63) is 63.0 Å². The Balaban J connectivity index is 1.70. The molecule has 7 nitrogen and oxygen atoms in total. The molecule has 132 valence electrons. The first kappa shape index (κ1) is 16.3. The summed E-state index contributed by atoms with van der Waals surface area (Å²) in [5.74, 6) is -2.07. The van der Waals surface area contributed by atoms with Gasteiger partial charge >= 0.3 is 5.97 Å². The summed E-state index contributed by atoms with van der Waals surface area (Å²) in [6.45, 7) is -0.277. The Labute approximate surface area is 148 Å². The molecule has 0 saturated heterocycles. The standard InChI is InChI=1S/C16H10F2N4O3S/c1-21-14(23)13-11(2-3-26-13)22-12(19-20-16(21)22)7-25-15(24)8-4-9(17)6-10(18)5-8/h2-6H,7H2,1H3. The first-order chi connectivity index (χ1) is 12.5. The van der Waals surface area contributed by atoms with Crippen LogP contribution in [0.5, 0.6) is 0 Å². The number of aryl methyl sites for hydroxylation is 1. The van der Waals surface area contributed by atoms with E-state index >= 15 is 0 Å². The number of hydrogen-bond acceptors (Lipinski definition) is 6. The van der Waals surface area contributed by atoms with E-state index in [1.165, 1.54) is 15.9 Å².